The number of benzene rings is 1. The quantitative estimate of drug-likeness (QED) is 0.904. The van der Waals surface area contributed by atoms with Crippen molar-refractivity contribution in [2.75, 3.05) is 0 Å². The van der Waals surface area contributed by atoms with Crippen LogP contribution < -0.4 is 5.73 Å². The lowest BCUT2D eigenvalue weighted by Crippen LogP contribution is -2.21. The number of aromatic nitrogens is 2. The van der Waals surface area contributed by atoms with Crippen LogP contribution in [0.2, 0.25) is 0 Å². The maximum atomic E-state index is 13.3. The number of nitrogens with zero attached hydrogens (tertiary/aromatic N) is 2. The maximum absolute atomic E-state index is 13.3. The minimum Gasteiger partial charge on any atom is -0.339 e. The number of halogens is 1. The van der Waals surface area contributed by atoms with Crippen molar-refractivity contribution in [3.63, 3.8) is 0 Å². The molecule has 0 bridgehead atoms. The third kappa shape index (κ3) is 2.92. The minimum absolute atomic E-state index is 0.00699. The summed E-state index contributed by atoms with van der Waals surface area (Å²) in [4.78, 5) is 4.23. The topological polar surface area (TPSA) is 64.9 Å². The van der Waals surface area contributed by atoms with E-state index in [1.165, 1.54) is 12.1 Å². The first-order valence-electron chi connectivity index (χ1n) is 5.94. The predicted octanol–water partition coefficient (Wildman–Crippen LogP) is 2.46. The lowest BCUT2D eigenvalue weighted by Gasteiger charge is -2.02. The molecule has 0 aliphatic carbocycles. The van der Waals surface area contributed by atoms with Crippen LogP contribution in [0.3, 0.4) is 0 Å². The summed E-state index contributed by atoms with van der Waals surface area (Å²) in [5.41, 5.74) is 7.25. The fraction of sp³-hybridized carbons (Fsp3) is 0.385. The first kappa shape index (κ1) is 12.7. The molecule has 1 atom stereocenters. The van der Waals surface area contributed by atoms with Crippen molar-refractivity contribution in [3.8, 4) is 11.4 Å². The largest absolute Gasteiger partial charge is 0.339 e. The summed E-state index contributed by atoms with van der Waals surface area (Å²) in [6, 6.07) is 4.67. The first-order chi connectivity index (χ1) is 8.58. The van der Waals surface area contributed by atoms with Crippen LogP contribution in [-0.4, -0.2) is 16.2 Å². The first-order valence-corrected chi connectivity index (χ1v) is 5.94. The van der Waals surface area contributed by atoms with Gasteiger partial charge in [0.25, 0.3) is 0 Å². The van der Waals surface area contributed by atoms with Crippen molar-refractivity contribution in [3.05, 3.63) is 35.5 Å². The number of nitrogens with two attached hydrogens (primary N) is 1. The number of hydrogen-bond donors (Lipinski definition) is 1. The molecule has 2 aromatic rings. The third-order valence-corrected chi connectivity index (χ3v) is 2.73. The molecule has 18 heavy (non-hydrogen) atoms. The van der Waals surface area contributed by atoms with Crippen LogP contribution in [0.5, 0.6) is 0 Å². The Hall–Kier alpha value is -1.75. The van der Waals surface area contributed by atoms with Gasteiger partial charge in [0.05, 0.1) is 0 Å². The number of aryl methyl sites for hydroxylation is 1. The minimum atomic E-state index is -0.304. The maximum Gasteiger partial charge on any atom is 0.228 e. The molecule has 0 saturated heterocycles. The van der Waals surface area contributed by atoms with E-state index in [2.05, 4.69) is 10.1 Å². The van der Waals surface area contributed by atoms with E-state index >= 15 is 0 Å². The van der Waals surface area contributed by atoms with Gasteiger partial charge < -0.3 is 10.3 Å². The summed E-state index contributed by atoms with van der Waals surface area (Å²) >= 11 is 0. The fourth-order valence-electron chi connectivity index (χ4n) is 1.69. The van der Waals surface area contributed by atoms with Crippen molar-refractivity contribution in [2.45, 2.75) is 32.7 Å². The average Bonchev–Trinajstić information content (AvgIpc) is 2.76. The zero-order valence-electron chi connectivity index (χ0n) is 10.5. The summed E-state index contributed by atoms with van der Waals surface area (Å²) in [6.07, 6.45) is 1.38. The van der Waals surface area contributed by atoms with Crippen molar-refractivity contribution in [2.24, 2.45) is 5.73 Å². The van der Waals surface area contributed by atoms with Gasteiger partial charge >= 0.3 is 0 Å². The van der Waals surface area contributed by atoms with Gasteiger partial charge in [0.2, 0.25) is 11.7 Å². The number of rotatable bonds is 4. The third-order valence-electron chi connectivity index (χ3n) is 2.73. The van der Waals surface area contributed by atoms with E-state index in [4.69, 9.17) is 10.3 Å². The molecule has 0 aliphatic rings. The Kier molecular flexibility index (Phi) is 3.72. The Bertz CT molecular complexity index is 519. The number of hydrogen-bond acceptors (Lipinski definition) is 4. The molecule has 2 rings (SSSR count). The second-order valence-corrected chi connectivity index (χ2v) is 4.40. The SMILES string of the molecule is CCC(N)Cc1nc(-c2cc(C)cc(F)c2)no1. The summed E-state index contributed by atoms with van der Waals surface area (Å²) < 4.78 is 18.4. The zero-order chi connectivity index (χ0) is 13.1. The van der Waals surface area contributed by atoms with E-state index in [9.17, 15) is 4.39 Å². The van der Waals surface area contributed by atoms with Crippen LogP contribution in [0, 0.1) is 12.7 Å². The van der Waals surface area contributed by atoms with Crippen molar-refractivity contribution in [1.82, 2.24) is 10.1 Å². The molecule has 0 saturated carbocycles. The highest BCUT2D eigenvalue weighted by atomic mass is 19.1. The van der Waals surface area contributed by atoms with Gasteiger partial charge in [-0.05, 0) is 37.1 Å². The molecule has 0 spiro atoms. The Morgan fingerprint density at radius 2 is 2.17 bits per heavy atom. The van der Waals surface area contributed by atoms with Crippen molar-refractivity contribution < 1.29 is 8.91 Å². The highest BCUT2D eigenvalue weighted by molar-refractivity contribution is 5.55. The van der Waals surface area contributed by atoms with E-state index in [1.807, 2.05) is 19.9 Å². The lowest BCUT2D eigenvalue weighted by atomic mass is 10.1. The van der Waals surface area contributed by atoms with Gasteiger partial charge in [0, 0.05) is 18.0 Å². The van der Waals surface area contributed by atoms with Gasteiger partial charge in [-0.2, -0.15) is 4.98 Å². The fourth-order valence-corrected chi connectivity index (χ4v) is 1.69. The molecule has 0 fully saturated rings. The highest BCUT2D eigenvalue weighted by Crippen LogP contribution is 2.19. The Balaban J connectivity index is 2.23. The van der Waals surface area contributed by atoms with Crippen LogP contribution in [0.1, 0.15) is 24.8 Å². The molecule has 1 heterocycles. The molecule has 0 aliphatic heterocycles. The molecule has 1 aromatic heterocycles. The van der Waals surface area contributed by atoms with Gasteiger partial charge in [-0.25, -0.2) is 4.39 Å². The van der Waals surface area contributed by atoms with E-state index in [-0.39, 0.29) is 11.9 Å². The molecule has 5 heteroatoms. The molecule has 96 valence electrons. The van der Waals surface area contributed by atoms with Crippen LogP contribution in [0.25, 0.3) is 11.4 Å². The standard InChI is InChI=1S/C13H16FN3O/c1-3-11(15)7-12-16-13(17-18-12)9-4-8(2)5-10(14)6-9/h4-6,11H,3,7,15H2,1-2H3. The van der Waals surface area contributed by atoms with Crippen LogP contribution >= 0.6 is 0 Å². The predicted molar refractivity (Wildman–Crippen MR) is 66.4 cm³/mol. The molecule has 2 N–H and O–H groups in total. The van der Waals surface area contributed by atoms with Gasteiger partial charge in [0.1, 0.15) is 5.82 Å². The summed E-state index contributed by atoms with van der Waals surface area (Å²) in [7, 11) is 0. The summed E-state index contributed by atoms with van der Waals surface area (Å²) in [6.45, 7) is 3.82. The summed E-state index contributed by atoms with van der Waals surface area (Å²) in [5, 5.41) is 3.85. The molecule has 1 aromatic carbocycles. The second-order valence-electron chi connectivity index (χ2n) is 4.40. The van der Waals surface area contributed by atoms with Crippen molar-refractivity contribution in [1.29, 1.82) is 0 Å². The lowest BCUT2D eigenvalue weighted by molar-refractivity contribution is 0.368. The van der Waals surface area contributed by atoms with E-state index in [0.29, 0.717) is 23.7 Å². The zero-order valence-corrected chi connectivity index (χ0v) is 10.5. The Labute approximate surface area is 105 Å². The van der Waals surface area contributed by atoms with E-state index < -0.39 is 0 Å². The molecule has 0 amide bonds. The average molecular weight is 249 g/mol. The Morgan fingerprint density at radius 1 is 1.39 bits per heavy atom. The van der Waals surface area contributed by atoms with Crippen LogP contribution in [-0.2, 0) is 6.42 Å². The van der Waals surface area contributed by atoms with Crippen LogP contribution in [0.4, 0.5) is 4.39 Å². The van der Waals surface area contributed by atoms with Gasteiger partial charge in [0.15, 0.2) is 0 Å². The smallest absolute Gasteiger partial charge is 0.228 e. The van der Waals surface area contributed by atoms with E-state index in [1.54, 1.807) is 0 Å². The molecular formula is C13H16FN3O. The van der Waals surface area contributed by atoms with E-state index in [0.717, 1.165) is 12.0 Å². The Morgan fingerprint density at radius 3 is 2.83 bits per heavy atom. The van der Waals surface area contributed by atoms with Gasteiger partial charge in [-0.3, -0.25) is 0 Å². The molecule has 4 nitrogen and oxygen atoms in total. The molecule has 0 radical (unpaired) electrons. The highest BCUT2D eigenvalue weighted by Gasteiger charge is 2.12. The second kappa shape index (κ2) is 5.27. The van der Waals surface area contributed by atoms with Crippen molar-refractivity contribution >= 4 is 0 Å². The monoisotopic (exact) mass is 249 g/mol. The molecule has 1 unspecified atom stereocenters. The normalized spacial score (nSPS) is 12.7. The molecular weight excluding hydrogens is 233 g/mol. The van der Waals surface area contributed by atoms with Gasteiger partial charge in [-0.15, -0.1) is 0 Å². The van der Waals surface area contributed by atoms with Crippen LogP contribution in [0.15, 0.2) is 22.7 Å². The van der Waals surface area contributed by atoms with Gasteiger partial charge in [-0.1, -0.05) is 12.1 Å². The summed E-state index contributed by atoms with van der Waals surface area (Å²) in [5.74, 6) is 0.582.